The summed E-state index contributed by atoms with van der Waals surface area (Å²) in [6, 6.07) is 15.2. The van der Waals surface area contributed by atoms with Crippen molar-refractivity contribution < 1.29 is 9.53 Å². The molecule has 7 nitrogen and oxygen atoms in total. The van der Waals surface area contributed by atoms with E-state index < -0.39 is 5.60 Å². The van der Waals surface area contributed by atoms with Crippen LogP contribution in [0.5, 0.6) is 0 Å². The molecule has 4 rings (SSSR count). The van der Waals surface area contributed by atoms with Crippen molar-refractivity contribution in [3.63, 3.8) is 0 Å². The van der Waals surface area contributed by atoms with E-state index in [9.17, 15) is 4.79 Å². The molecule has 0 saturated carbocycles. The number of nitrogens with zero attached hydrogens (tertiary/aromatic N) is 2. The number of rotatable bonds is 6. The van der Waals surface area contributed by atoms with Crippen molar-refractivity contribution >= 4 is 22.7 Å². The van der Waals surface area contributed by atoms with E-state index in [-0.39, 0.29) is 6.09 Å². The number of ether oxygens (including phenoxy) is 1. The molecule has 3 N–H and O–H groups in total. The topological polar surface area (TPSA) is 82.3 Å². The zero-order chi connectivity index (χ0) is 22.6. The summed E-state index contributed by atoms with van der Waals surface area (Å²) in [5.41, 5.74) is 4.04. The number of fused-ring (bicyclic) bond motifs is 1. The number of alkyl carbamates (subject to hydrolysis) is 1. The fraction of sp³-hybridized carbons (Fsp3) is 0.440. The van der Waals surface area contributed by atoms with E-state index in [1.165, 1.54) is 18.4 Å². The van der Waals surface area contributed by atoms with Gasteiger partial charge < -0.3 is 15.4 Å². The average Bonchev–Trinajstić information content (AvgIpc) is 3.20. The molecule has 32 heavy (non-hydrogen) atoms. The molecule has 1 aliphatic heterocycles. The van der Waals surface area contributed by atoms with Gasteiger partial charge in [0, 0.05) is 36.7 Å². The largest absolute Gasteiger partial charge is 0.444 e. The minimum atomic E-state index is -0.491. The monoisotopic (exact) mass is 435 g/mol. The number of aromatic nitrogens is 2. The minimum Gasteiger partial charge on any atom is -0.444 e. The number of hydrogen-bond acceptors (Lipinski definition) is 5. The maximum atomic E-state index is 11.9. The first-order chi connectivity index (χ1) is 15.3. The third-order valence-corrected chi connectivity index (χ3v) is 5.55. The van der Waals surface area contributed by atoms with Gasteiger partial charge in [-0.2, -0.15) is 5.10 Å². The van der Waals surface area contributed by atoms with Crippen LogP contribution in [0.2, 0.25) is 0 Å². The van der Waals surface area contributed by atoms with Crippen LogP contribution < -0.4 is 10.6 Å². The summed E-state index contributed by atoms with van der Waals surface area (Å²) in [5, 5.41) is 14.8. The van der Waals surface area contributed by atoms with Crippen LogP contribution >= 0.6 is 0 Å². The normalized spacial score (nSPS) is 17.3. The van der Waals surface area contributed by atoms with Crippen LogP contribution in [0.25, 0.3) is 10.9 Å². The molecule has 1 aliphatic rings. The molecule has 0 radical (unpaired) electrons. The highest BCUT2D eigenvalue weighted by Gasteiger charge is 2.20. The SMILES string of the molecule is CC(C)(C)OC(=O)NCc1cccc(CN2CCC[C@@H](Nc3ccc4[nH]ncc4c3)C2)c1. The summed E-state index contributed by atoms with van der Waals surface area (Å²) < 4.78 is 5.32. The van der Waals surface area contributed by atoms with E-state index in [2.05, 4.69) is 62.1 Å². The van der Waals surface area contributed by atoms with Gasteiger partial charge in [-0.25, -0.2) is 4.79 Å². The average molecular weight is 436 g/mol. The molecule has 0 aliphatic carbocycles. The number of carbonyl (C=O) groups excluding carboxylic acids is 1. The van der Waals surface area contributed by atoms with Gasteiger partial charge in [0.2, 0.25) is 0 Å². The lowest BCUT2D eigenvalue weighted by molar-refractivity contribution is 0.0523. The molecular weight excluding hydrogens is 402 g/mol. The Morgan fingerprint density at radius 2 is 2.06 bits per heavy atom. The van der Waals surface area contributed by atoms with Crippen molar-refractivity contribution in [2.45, 2.75) is 58.3 Å². The summed E-state index contributed by atoms with van der Waals surface area (Å²) >= 11 is 0. The smallest absolute Gasteiger partial charge is 0.407 e. The number of carbonyl (C=O) groups is 1. The number of aromatic amines is 1. The van der Waals surface area contributed by atoms with E-state index in [1.807, 2.05) is 33.0 Å². The first kappa shape index (κ1) is 22.1. The number of likely N-dealkylation sites (tertiary alicyclic amines) is 1. The Labute approximate surface area is 189 Å². The van der Waals surface area contributed by atoms with Crippen LogP contribution in [0.3, 0.4) is 0 Å². The van der Waals surface area contributed by atoms with E-state index in [0.29, 0.717) is 12.6 Å². The second kappa shape index (κ2) is 9.61. The van der Waals surface area contributed by atoms with Gasteiger partial charge in [0.15, 0.2) is 0 Å². The first-order valence-corrected chi connectivity index (χ1v) is 11.3. The van der Waals surface area contributed by atoms with E-state index in [4.69, 9.17) is 4.74 Å². The number of H-pyrrole nitrogens is 1. The summed E-state index contributed by atoms with van der Waals surface area (Å²) in [4.78, 5) is 14.4. The molecule has 7 heteroatoms. The Hall–Kier alpha value is -3.06. The number of nitrogens with one attached hydrogen (secondary N) is 3. The first-order valence-electron chi connectivity index (χ1n) is 11.3. The zero-order valence-electron chi connectivity index (χ0n) is 19.1. The van der Waals surface area contributed by atoms with Gasteiger partial charge in [-0.15, -0.1) is 0 Å². The summed E-state index contributed by atoms with van der Waals surface area (Å²) in [7, 11) is 0. The van der Waals surface area contributed by atoms with Gasteiger partial charge in [-0.05, 0) is 69.5 Å². The predicted octanol–water partition coefficient (Wildman–Crippen LogP) is 4.66. The molecule has 1 fully saturated rings. The van der Waals surface area contributed by atoms with Crippen molar-refractivity contribution in [1.29, 1.82) is 0 Å². The molecule has 2 heterocycles. The minimum absolute atomic E-state index is 0.388. The summed E-state index contributed by atoms with van der Waals surface area (Å²) in [6.07, 6.45) is 3.81. The van der Waals surface area contributed by atoms with Gasteiger partial charge in [-0.3, -0.25) is 10.00 Å². The lowest BCUT2D eigenvalue weighted by Crippen LogP contribution is -2.41. The second-order valence-corrected chi connectivity index (χ2v) is 9.57. The Morgan fingerprint density at radius 1 is 1.22 bits per heavy atom. The van der Waals surface area contributed by atoms with Crippen LogP contribution in [0.4, 0.5) is 10.5 Å². The van der Waals surface area contributed by atoms with Gasteiger partial charge in [0.1, 0.15) is 5.60 Å². The molecular formula is C25H33N5O2. The molecule has 0 spiro atoms. The third-order valence-electron chi connectivity index (χ3n) is 5.55. The maximum absolute atomic E-state index is 11.9. The van der Waals surface area contributed by atoms with E-state index in [0.717, 1.165) is 41.8 Å². The molecule has 2 aromatic carbocycles. The Bertz CT molecular complexity index is 1060. The lowest BCUT2D eigenvalue weighted by atomic mass is 10.0. The van der Waals surface area contributed by atoms with Crippen LogP contribution in [0.1, 0.15) is 44.7 Å². The highest BCUT2D eigenvalue weighted by Crippen LogP contribution is 2.21. The number of anilines is 1. The molecule has 1 saturated heterocycles. The van der Waals surface area contributed by atoms with E-state index >= 15 is 0 Å². The van der Waals surface area contributed by atoms with Crippen molar-refractivity contribution in [3.05, 3.63) is 59.8 Å². The zero-order valence-corrected chi connectivity index (χ0v) is 19.1. The lowest BCUT2D eigenvalue weighted by Gasteiger charge is -2.33. The molecule has 3 aromatic rings. The molecule has 1 atom stereocenters. The van der Waals surface area contributed by atoms with Crippen LogP contribution in [0, 0.1) is 0 Å². The third kappa shape index (κ3) is 6.23. The van der Waals surface area contributed by atoms with Gasteiger partial charge in [-0.1, -0.05) is 24.3 Å². The van der Waals surface area contributed by atoms with Gasteiger partial charge in [0.05, 0.1) is 11.7 Å². The predicted molar refractivity (Wildman–Crippen MR) is 128 cm³/mol. The van der Waals surface area contributed by atoms with Gasteiger partial charge >= 0.3 is 6.09 Å². The Balaban J connectivity index is 1.30. The standard InChI is InChI=1S/C25H33N5O2/c1-25(2,3)32-24(31)26-14-18-6-4-7-19(12-18)16-30-11-5-8-22(17-30)28-21-9-10-23-20(13-21)15-27-29-23/h4,6-7,9-10,12-13,15,22,28H,5,8,11,14,16-17H2,1-3H3,(H,26,31)(H,27,29)/t22-/m1/s1. The van der Waals surface area contributed by atoms with Gasteiger partial charge in [0.25, 0.3) is 0 Å². The van der Waals surface area contributed by atoms with Crippen molar-refractivity contribution in [3.8, 4) is 0 Å². The summed E-state index contributed by atoms with van der Waals surface area (Å²) in [5.74, 6) is 0. The fourth-order valence-corrected chi connectivity index (χ4v) is 4.17. The van der Waals surface area contributed by atoms with Crippen molar-refractivity contribution in [2.24, 2.45) is 0 Å². The number of hydrogen-bond donors (Lipinski definition) is 3. The Kier molecular flexibility index (Phi) is 6.65. The number of benzene rings is 2. The van der Waals surface area contributed by atoms with Crippen LogP contribution in [-0.4, -0.2) is 45.9 Å². The second-order valence-electron chi connectivity index (χ2n) is 9.57. The molecule has 0 unspecified atom stereocenters. The molecule has 170 valence electrons. The molecule has 1 aromatic heterocycles. The van der Waals surface area contributed by atoms with Crippen LogP contribution in [0.15, 0.2) is 48.7 Å². The molecule has 0 bridgehead atoms. The van der Waals surface area contributed by atoms with Crippen LogP contribution in [-0.2, 0) is 17.8 Å². The fourth-order valence-electron chi connectivity index (χ4n) is 4.17. The van der Waals surface area contributed by atoms with E-state index in [1.54, 1.807) is 0 Å². The molecule has 1 amide bonds. The highest BCUT2D eigenvalue weighted by molar-refractivity contribution is 5.81. The van der Waals surface area contributed by atoms with Crippen molar-refractivity contribution in [1.82, 2.24) is 20.4 Å². The maximum Gasteiger partial charge on any atom is 0.407 e. The Morgan fingerprint density at radius 3 is 2.91 bits per heavy atom. The summed E-state index contributed by atoms with van der Waals surface area (Å²) in [6.45, 7) is 9.06. The number of piperidine rings is 1. The van der Waals surface area contributed by atoms with Crippen molar-refractivity contribution in [2.75, 3.05) is 18.4 Å². The number of amides is 1. The quantitative estimate of drug-likeness (QED) is 0.524. The highest BCUT2D eigenvalue weighted by atomic mass is 16.6.